The molecule has 98 valence electrons. The zero-order valence-electron chi connectivity index (χ0n) is 11.5. The van der Waals surface area contributed by atoms with E-state index in [1.807, 2.05) is 23.0 Å². The molecule has 21 heavy (non-hydrogen) atoms. The van der Waals surface area contributed by atoms with E-state index < -0.39 is 0 Å². The number of benzene rings is 3. The molecule has 0 saturated heterocycles. The van der Waals surface area contributed by atoms with Crippen LogP contribution in [0.5, 0.6) is 0 Å². The normalized spacial score (nSPS) is 24.1. The Hall–Kier alpha value is -1.52. The monoisotopic (exact) mass is 374 g/mol. The molecular weight excluding hydrogens is 362 g/mol. The molecular formula is C20H13Sb. The van der Waals surface area contributed by atoms with Gasteiger partial charge in [0, 0.05) is 0 Å². The SMILES string of the molecule is [Sb][C]12c3ccccc3C(c3ccccc31)c1ccccc12. The quantitative estimate of drug-likeness (QED) is 0.522. The molecule has 0 unspecified atom stereocenters. The third-order valence-corrected chi connectivity index (χ3v) is 7.05. The summed E-state index contributed by atoms with van der Waals surface area (Å²) >= 11 is 1.92. The van der Waals surface area contributed by atoms with Gasteiger partial charge in [0.15, 0.2) is 0 Å². The van der Waals surface area contributed by atoms with Gasteiger partial charge in [-0.15, -0.1) is 0 Å². The first-order valence-electron chi connectivity index (χ1n) is 7.32. The van der Waals surface area contributed by atoms with E-state index in [0.717, 1.165) is 0 Å². The van der Waals surface area contributed by atoms with Crippen molar-refractivity contribution in [1.82, 2.24) is 0 Å². The molecule has 0 N–H and O–H groups in total. The van der Waals surface area contributed by atoms with Crippen LogP contribution in [0, 0.1) is 0 Å². The van der Waals surface area contributed by atoms with Crippen molar-refractivity contribution in [3.05, 3.63) is 106 Å². The van der Waals surface area contributed by atoms with Crippen LogP contribution in [-0.4, -0.2) is 23.0 Å². The minimum absolute atomic E-state index is 0.0347. The van der Waals surface area contributed by atoms with Gasteiger partial charge in [-0.2, -0.15) is 0 Å². The molecule has 3 aromatic rings. The average Bonchev–Trinajstić information content (AvgIpc) is 2.56. The summed E-state index contributed by atoms with van der Waals surface area (Å²) in [6, 6.07) is 27.0. The third-order valence-electron chi connectivity index (χ3n) is 4.98. The molecule has 2 radical (unpaired) electrons. The molecule has 0 atom stereocenters. The molecule has 2 bridgehead atoms. The first kappa shape index (κ1) is 12.1. The van der Waals surface area contributed by atoms with Gasteiger partial charge in [0.2, 0.25) is 0 Å². The van der Waals surface area contributed by atoms with Crippen LogP contribution in [0.4, 0.5) is 0 Å². The van der Waals surface area contributed by atoms with Gasteiger partial charge in [-0.1, -0.05) is 0 Å². The summed E-state index contributed by atoms with van der Waals surface area (Å²) < 4.78 is 0.0347. The van der Waals surface area contributed by atoms with E-state index in [1.165, 1.54) is 33.4 Å². The molecule has 0 nitrogen and oxygen atoms in total. The summed E-state index contributed by atoms with van der Waals surface area (Å²) in [4.78, 5) is 0. The van der Waals surface area contributed by atoms with Crippen molar-refractivity contribution >= 4 is 23.0 Å². The van der Waals surface area contributed by atoms with Gasteiger partial charge in [-0.05, 0) is 0 Å². The predicted octanol–water partition coefficient (Wildman–Crippen LogP) is 3.95. The fourth-order valence-corrected chi connectivity index (χ4v) is 5.92. The Morgan fingerprint density at radius 1 is 0.571 bits per heavy atom. The van der Waals surface area contributed by atoms with Gasteiger partial charge < -0.3 is 0 Å². The van der Waals surface area contributed by atoms with E-state index in [1.54, 1.807) is 0 Å². The number of hydrogen-bond donors (Lipinski definition) is 0. The van der Waals surface area contributed by atoms with Gasteiger partial charge in [-0.3, -0.25) is 0 Å². The summed E-state index contributed by atoms with van der Waals surface area (Å²) in [5.74, 6) is 0.407. The predicted molar refractivity (Wildman–Crippen MR) is 85.9 cm³/mol. The Labute approximate surface area is 138 Å². The van der Waals surface area contributed by atoms with Gasteiger partial charge in [0.1, 0.15) is 0 Å². The Bertz CT molecular complexity index is 763. The third kappa shape index (κ3) is 1.33. The molecule has 3 aromatic carbocycles. The van der Waals surface area contributed by atoms with Crippen LogP contribution >= 0.6 is 0 Å². The van der Waals surface area contributed by atoms with Crippen molar-refractivity contribution < 1.29 is 0 Å². The molecule has 0 amide bonds. The van der Waals surface area contributed by atoms with Crippen molar-refractivity contribution in [2.75, 3.05) is 0 Å². The van der Waals surface area contributed by atoms with Crippen LogP contribution in [0.25, 0.3) is 0 Å². The standard InChI is InChI=1S/C20H13.Sb/c1-2-8-14-13(7-1)19-15-9-3-5-11-17(15)20(14)18-12-6-4-10-16(18)19;/h1-12,19H;. The second-order valence-corrected chi connectivity index (χ2v) is 7.82. The van der Waals surface area contributed by atoms with Crippen molar-refractivity contribution in [1.29, 1.82) is 0 Å². The van der Waals surface area contributed by atoms with Gasteiger partial charge in [0.25, 0.3) is 0 Å². The molecule has 0 heterocycles. The van der Waals surface area contributed by atoms with Crippen LogP contribution in [0.2, 0.25) is 0 Å². The maximum atomic E-state index is 2.33. The second-order valence-electron chi connectivity index (χ2n) is 5.91. The van der Waals surface area contributed by atoms with Crippen LogP contribution in [0.1, 0.15) is 39.3 Å². The zero-order chi connectivity index (χ0) is 14.0. The molecule has 1 heteroatoms. The van der Waals surface area contributed by atoms with Crippen molar-refractivity contribution in [3.8, 4) is 0 Å². The Balaban J connectivity index is 2.00. The van der Waals surface area contributed by atoms with E-state index in [-0.39, 0.29) is 3.36 Å². The zero-order valence-corrected chi connectivity index (χ0v) is 14.0. The summed E-state index contributed by atoms with van der Waals surface area (Å²) in [6.07, 6.45) is 0. The molecule has 3 aliphatic rings. The van der Waals surface area contributed by atoms with E-state index in [9.17, 15) is 0 Å². The van der Waals surface area contributed by atoms with Gasteiger partial charge in [-0.25, -0.2) is 0 Å². The Morgan fingerprint density at radius 2 is 0.905 bits per heavy atom. The van der Waals surface area contributed by atoms with E-state index in [0.29, 0.717) is 5.92 Å². The molecule has 0 aromatic heterocycles. The maximum absolute atomic E-state index is 2.33. The van der Waals surface area contributed by atoms with Crippen LogP contribution < -0.4 is 0 Å². The summed E-state index contributed by atoms with van der Waals surface area (Å²) in [5, 5.41) is 0. The molecule has 3 aliphatic carbocycles. The van der Waals surface area contributed by atoms with Gasteiger partial charge in [0.05, 0.1) is 0 Å². The fourth-order valence-electron chi connectivity index (χ4n) is 4.17. The summed E-state index contributed by atoms with van der Waals surface area (Å²) in [7, 11) is 0. The molecule has 0 spiro atoms. The summed E-state index contributed by atoms with van der Waals surface area (Å²) in [6.45, 7) is 0. The molecule has 0 aliphatic heterocycles. The van der Waals surface area contributed by atoms with E-state index >= 15 is 0 Å². The van der Waals surface area contributed by atoms with Crippen molar-refractivity contribution in [2.24, 2.45) is 0 Å². The van der Waals surface area contributed by atoms with Crippen molar-refractivity contribution in [3.63, 3.8) is 0 Å². The van der Waals surface area contributed by atoms with Crippen LogP contribution in [0.3, 0.4) is 0 Å². The fraction of sp³-hybridized carbons (Fsp3) is 0.100. The first-order valence-corrected chi connectivity index (χ1v) is 8.60. The first-order chi connectivity index (χ1) is 10.3. The Kier molecular flexibility index (Phi) is 2.31. The van der Waals surface area contributed by atoms with E-state index in [2.05, 4.69) is 72.8 Å². The second kappa shape index (κ2) is 4.02. The molecule has 0 fully saturated rings. The minimum atomic E-state index is 0.0347. The Morgan fingerprint density at radius 3 is 1.29 bits per heavy atom. The number of hydrogen-bond acceptors (Lipinski definition) is 0. The summed E-state index contributed by atoms with van der Waals surface area (Å²) in [5.41, 5.74) is 8.99. The van der Waals surface area contributed by atoms with E-state index in [4.69, 9.17) is 0 Å². The van der Waals surface area contributed by atoms with Crippen molar-refractivity contribution in [2.45, 2.75) is 9.28 Å². The number of rotatable bonds is 0. The van der Waals surface area contributed by atoms with Crippen LogP contribution in [-0.2, 0) is 3.36 Å². The topological polar surface area (TPSA) is 0 Å². The van der Waals surface area contributed by atoms with Crippen LogP contribution in [0.15, 0.2) is 72.8 Å². The van der Waals surface area contributed by atoms with Gasteiger partial charge >= 0.3 is 138 Å². The molecule has 0 saturated carbocycles. The molecule has 6 rings (SSSR count). The average molecular weight is 375 g/mol.